The van der Waals surface area contributed by atoms with Gasteiger partial charge in [-0.25, -0.2) is 0 Å². The van der Waals surface area contributed by atoms with Crippen LogP contribution in [-0.2, 0) is 0 Å². The van der Waals surface area contributed by atoms with E-state index in [-0.39, 0.29) is 0 Å². The average molecular weight is 183 g/mol. The molecular weight excluding hydrogens is 166 g/mol. The van der Waals surface area contributed by atoms with Gasteiger partial charge >= 0.3 is 0 Å². The molecular formula is C10H17NS. The summed E-state index contributed by atoms with van der Waals surface area (Å²) >= 11 is 2.04. The van der Waals surface area contributed by atoms with Gasteiger partial charge < -0.3 is 5.32 Å². The number of hydrogen-bond acceptors (Lipinski definition) is 2. The molecule has 1 fully saturated rings. The van der Waals surface area contributed by atoms with E-state index in [1.807, 2.05) is 11.8 Å². The van der Waals surface area contributed by atoms with Crippen LogP contribution in [-0.4, -0.2) is 23.6 Å². The van der Waals surface area contributed by atoms with Crippen LogP contribution in [0.1, 0.15) is 20.3 Å². The van der Waals surface area contributed by atoms with Crippen molar-refractivity contribution in [2.24, 2.45) is 5.92 Å². The Morgan fingerprint density at radius 3 is 2.92 bits per heavy atom. The minimum absolute atomic E-state index is 0.473. The minimum Gasteiger partial charge on any atom is -0.309 e. The van der Waals surface area contributed by atoms with Crippen molar-refractivity contribution in [2.75, 3.05) is 11.5 Å². The van der Waals surface area contributed by atoms with Gasteiger partial charge in [-0.3, -0.25) is 0 Å². The van der Waals surface area contributed by atoms with E-state index in [1.165, 1.54) is 11.5 Å². The van der Waals surface area contributed by atoms with Crippen molar-refractivity contribution in [3.8, 4) is 12.3 Å². The Hall–Kier alpha value is -0.130. The molecule has 1 heterocycles. The largest absolute Gasteiger partial charge is 0.309 e. The Balaban J connectivity index is 2.26. The van der Waals surface area contributed by atoms with Gasteiger partial charge in [-0.05, 0) is 18.6 Å². The van der Waals surface area contributed by atoms with Crippen molar-refractivity contribution in [2.45, 2.75) is 32.4 Å². The van der Waals surface area contributed by atoms with Gasteiger partial charge in [0.1, 0.15) is 0 Å². The lowest BCUT2D eigenvalue weighted by molar-refractivity contribution is 0.408. The Morgan fingerprint density at radius 2 is 2.42 bits per heavy atom. The van der Waals surface area contributed by atoms with E-state index >= 15 is 0 Å². The van der Waals surface area contributed by atoms with Crippen LogP contribution >= 0.6 is 11.8 Å². The maximum Gasteiger partial charge on any atom is 0.0238 e. The average Bonchev–Trinajstić information content (AvgIpc) is 2.37. The molecule has 0 aliphatic carbocycles. The SMILES string of the molecule is C#CCC(C)NC1CSCC1C. The van der Waals surface area contributed by atoms with Gasteiger partial charge in [-0.1, -0.05) is 6.92 Å². The van der Waals surface area contributed by atoms with E-state index in [2.05, 4.69) is 25.1 Å². The number of hydrogen-bond donors (Lipinski definition) is 1. The highest BCUT2D eigenvalue weighted by Crippen LogP contribution is 2.23. The van der Waals surface area contributed by atoms with Crippen molar-refractivity contribution >= 4 is 11.8 Å². The summed E-state index contributed by atoms with van der Waals surface area (Å²) in [6.45, 7) is 4.47. The molecule has 3 atom stereocenters. The van der Waals surface area contributed by atoms with E-state index in [4.69, 9.17) is 6.42 Å². The van der Waals surface area contributed by atoms with Crippen molar-refractivity contribution in [3.63, 3.8) is 0 Å². The lowest BCUT2D eigenvalue weighted by atomic mass is 10.1. The molecule has 0 bridgehead atoms. The summed E-state index contributed by atoms with van der Waals surface area (Å²) in [6.07, 6.45) is 6.08. The van der Waals surface area contributed by atoms with Crippen LogP contribution in [0.25, 0.3) is 0 Å². The summed E-state index contributed by atoms with van der Waals surface area (Å²) in [4.78, 5) is 0. The molecule has 1 aliphatic heterocycles. The fourth-order valence-electron chi connectivity index (χ4n) is 1.47. The molecule has 0 saturated carbocycles. The van der Waals surface area contributed by atoms with E-state index in [9.17, 15) is 0 Å². The normalized spacial score (nSPS) is 31.4. The summed E-state index contributed by atoms with van der Waals surface area (Å²) < 4.78 is 0. The molecule has 3 unspecified atom stereocenters. The van der Waals surface area contributed by atoms with Crippen LogP contribution < -0.4 is 5.32 Å². The third-order valence-electron chi connectivity index (χ3n) is 2.29. The first-order valence-electron chi connectivity index (χ1n) is 4.51. The van der Waals surface area contributed by atoms with Crippen molar-refractivity contribution in [1.29, 1.82) is 0 Å². The minimum atomic E-state index is 0.473. The first-order chi connectivity index (χ1) is 5.74. The van der Waals surface area contributed by atoms with Gasteiger partial charge in [-0.2, -0.15) is 11.8 Å². The summed E-state index contributed by atoms with van der Waals surface area (Å²) in [6, 6.07) is 1.15. The maximum absolute atomic E-state index is 5.24. The van der Waals surface area contributed by atoms with Crippen LogP contribution in [0.4, 0.5) is 0 Å². The van der Waals surface area contributed by atoms with E-state index < -0.39 is 0 Å². The van der Waals surface area contributed by atoms with E-state index in [0.717, 1.165) is 12.3 Å². The summed E-state index contributed by atoms with van der Waals surface area (Å²) in [7, 11) is 0. The van der Waals surface area contributed by atoms with E-state index in [0.29, 0.717) is 12.1 Å². The molecule has 12 heavy (non-hydrogen) atoms. The highest BCUT2D eigenvalue weighted by atomic mass is 32.2. The fraction of sp³-hybridized carbons (Fsp3) is 0.800. The second-order valence-corrected chi connectivity index (χ2v) is 4.67. The molecule has 0 aromatic carbocycles. The molecule has 1 N–H and O–H groups in total. The number of thioether (sulfide) groups is 1. The van der Waals surface area contributed by atoms with Crippen LogP contribution in [0.3, 0.4) is 0 Å². The number of terminal acetylenes is 1. The van der Waals surface area contributed by atoms with Crippen molar-refractivity contribution < 1.29 is 0 Å². The fourth-order valence-corrected chi connectivity index (χ4v) is 2.89. The standard InChI is InChI=1S/C10H17NS/c1-4-5-9(3)11-10-7-12-6-8(10)2/h1,8-11H,5-7H2,2-3H3. The molecule has 0 radical (unpaired) electrons. The highest BCUT2D eigenvalue weighted by molar-refractivity contribution is 7.99. The zero-order chi connectivity index (χ0) is 8.97. The van der Waals surface area contributed by atoms with Crippen molar-refractivity contribution in [3.05, 3.63) is 0 Å². The number of nitrogens with one attached hydrogen (secondary N) is 1. The molecule has 0 aromatic rings. The summed E-state index contributed by atoms with van der Waals surface area (Å²) in [5.74, 6) is 6.03. The molecule has 1 saturated heterocycles. The maximum atomic E-state index is 5.24. The third-order valence-corrected chi connectivity index (χ3v) is 3.64. The van der Waals surface area contributed by atoms with Crippen LogP contribution in [0.5, 0.6) is 0 Å². The predicted octanol–water partition coefficient (Wildman–Crippen LogP) is 1.74. The zero-order valence-corrected chi connectivity index (χ0v) is 8.66. The number of rotatable bonds is 3. The molecule has 0 spiro atoms. The second-order valence-electron chi connectivity index (χ2n) is 3.60. The lowest BCUT2D eigenvalue weighted by Gasteiger charge is -2.20. The molecule has 1 aliphatic rings. The van der Waals surface area contributed by atoms with Crippen molar-refractivity contribution in [1.82, 2.24) is 5.32 Å². The Labute approximate surface area is 79.7 Å². The van der Waals surface area contributed by atoms with Gasteiger partial charge in [0.25, 0.3) is 0 Å². The van der Waals surface area contributed by atoms with Crippen LogP contribution in [0.15, 0.2) is 0 Å². The Kier molecular flexibility index (Phi) is 3.97. The molecule has 0 amide bonds. The van der Waals surface area contributed by atoms with Gasteiger partial charge in [0, 0.05) is 24.3 Å². The summed E-state index contributed by atoms with van der Waals surface area (Å²) in [5, 5.41) is 3.57. The van der Waals surface area contributed by atoms with Gasteiger partial charge in [-0.15, -0.1) is 12.3 Å². The third kappa shape index (κ3) is 2.73. The first-order valence-corrected chi connectivity index (χ1v) is 5.66. The highest BCUT2D eigenvalue weighted by Gasteiger charge is 2.24. The molecule has 1 rings (SSSR count). The monoisotopic (exact) mass is 183 g/mol. The molecule has 0 aromatic heterocycles. The molecule has 2 heteroatoms. The van der Waals surface area contributed by atoms with Gasteiger partial charge in [0.15, 0.2) is 0 Å². The zero-order valence-electron chi connectivity index (χ0n) is 7.84. The topological polar surface area (TPSA) is 12.0 Å². The van der Waals surface area contributed by atoms with Crippen LogP contribution in [0, 0.1) is 18.3 Å². The quantitative estimate of drug-likeness (QED) is 0.669. The molecule has 68 valence electrons. The smallest absolute Gasteiger partial charge is 0.0238 e. The summed E-state index contributed by atoms with van der Waals surface area (Å²) in [5.41, 5.74) is 0. The van der Waals surface area contributed by atoms with Crippen LogP contribution in [0.2, 0.25) is 0 Å². The van der Waals surface area contributed by atoms with Gasteiger partial charge in [0.2, 0.25) is 0 Å². The van der Waals surface area contributed by atoms with Gasteiger partial charge in [0.05, 0.1) is 0 Å². The Morgan fingerprint density at radius 1 is 1.67 bits per heavy atom. The lowest BCUT2D eigenvalue weighted by Crippen LogP contribution is -2.40. The molecule has 1 nitrogen and oxygen atoms in total. The second kappa shape index (κ2) is 4.79. The first kappa shape index (κ1) is 9.95. The van der Waals surface area contributed by atoms with E-state index in [1.54, 1.807) is 0 Å². The predicted molar refractivity (Wildman–Crippen MR) is 56.3 cm³/mol. The Bertz CT molecular complexity index is 173.